The average Bonchev–Trinajstić information content (AvgIpc) is 3.01. The normalized spacial score (nSPS) is 17.4. The molecule has 3 N–H and O–H groups in total. The summed E-state index contributed by atoms with van der Waals surface area (Å²) < 4.78 is 5.22. The van der Waals surface area contributed by atoms with Gasteiger partial charge in [0.15, 0.2) is 5.96 Å². The molecule has 1 amide bonds. The number of morpholine rings is 1. The molecule has 2 aliphatic rings. The van der Waals surface area contributed by atoms with Gasteiger partial charge < -0.3 is 20.7 Å². The van der Waals surface area contributed by atoms with Gasteiger partial charge in [0, 0.05) is 18.8 Å². The van der Waals surface area contributed by atoms with E-state index < -0.39 is 0 Å². The Hall–Kier alpha value is -1.35. The van der Waals surface area contributed by atoms with Gasteiger partial charge in [-0.25, -0.2) is 4.99 Å². The third-order valence-electron chi connectivity index (χ3n) is 4.12. The molecule has 0 bridgehead atoms. The van der Waals surface area contributed by atoms with E-state index in [0.717, 1.165) is 18.5 Å². The van der Waals surface area contributed by atoms with E-state index >= 15 is 0 Å². The van der Waals surface area contributed by atoms with E-state index in [4.69, 9.17) is 10.5 Å². The fraction of sp³-hybridized carbons (Fsp3) is 0.500. The number of anilines is 1. The van der Waals surface area contributed by atoms with E-state index in [1.54, 1.807) is 4.90 Å². The maximum atomic E-state index is 12.0. The zero-order valence-corrected chi connectivity index (χ0v) is 15.4. The number of guanidine groups is 1. The standard InChI is InChI=1S/C16H22N4O2.HI/c17-16(18-11-15(21)20-6-8-22-9-7-20)19-14-5-4-12-2-1-3-13(12)10-14;/h4-5,10H,1-3,6-9,11H2,(H3,17,18,19);1H. The molecule has 0 saturated carbocycles. The quantitative estimate of drug-likeness (QED) is 0.432. The van der Waals surface area contributed by atoms with Gasteiger partial charge in [-0.15, -0.1) is 24.0 Å². The summed E-state index contributed by atoms with van der Waals surface area (Å²) in [7, 11) is 0. The van der Waals surface area contributed by atoms with Gasteiger partial charge in [-0.1, -0.05) is 6.07 Å². The maximum Gasteiger partial charge on any atom is 0.244 e. The number of amides is 1. The molecular weight excluding hydrogens is 407 g/mol. The molecule has 1 aliphatic heterocycles. The molecular formula is C16H23IN4O2. The number of carbonyl (C=O) groups is 1. The monoisotopic (exact) mass is 430 g/mol. The first-order valence-electron chi connectivity index (χ1n) is 7.76. The topological polar surface area (TPSA) is 80.0 Å². The molecule has 3 rings (SSSR count). The predicted octanol–water partition coefficient (Wildman–Crippen LogP) is 1.38. The van der Waals surface area contributed by atoms with Crippen molar-refractivity contribution in [1.29, 1.82) is 0 Å². The molecule has 0 unspecified atom stereocenters. The Labute approximate surface area is 153 Å². The van der Waals surface area contributed by atoms with E-state index in [9.17, 15) is 4.79 Å². The Morgan fingerprint density at radius 2 is 2.00 bits per heavy atom. The first kappa shape index (κ1) is 18.0. The van der Waals surface area contributed by atoms with Crippen molar-refractivity contribution >= 4 is 41.5 Å². The molecule has 126 valence electrons. The molecule has 6 nitrogen and oxygen atoms in total. The minimum absolute atomic E-state index is 0. The Kier molecular flexibility index (Phi) is 6.64. The molecule has 1 aliphatic carbocycles. The summed E-state index contributed by atoms with van der Waals surface area (Å²) in [6.07, 6.45) is 3.50. The number of benzene rings is 1. The fourth-order valence-corrected chi connectivity index (χ4v) is 2.90. The number of nitrogens with two attached hydrogens (primary N) is 1. The SMILES string of the molecule is I.NC(=NCC(=O)N1CCOCC1)Nc1ccc2c(c1)CCC2. The highest BCUT2D eigenvalue weighted by Crippen LogP contribution is 2.24. The molecule has 1 saturated heterocycles. The van der Waals surface area contributed by atoms with Crippen LogP contribution in [0.3, 0.4) is 0 Å². The van der Waals surface area contributed by atoms with Crippen LogP contribution in [0, 0.1) is 0 Å². The van der Waals surface area contributed by atoms with Crippen molar-refractivity contribution in [3.8, 4) is 0 Å². The van der Waals surface area contributed by atoms with Gasteiger partial charge in [-0.05, 0) is 42.5 Å². The molecule has 1 aromatic rings. The highest BCUT2D eigenvalue weighted by Gasteiger charge is 2.16. The summed E-state index contributed by atoms with van der Waals surface area (Å²) in [6.45, 7) is 2.53. The van der Waals surface area contributed by atoms with Gasteiger partial charge in [0.1, 0.15) is 6.54 Å². The van der Waals surface area contributed by atoms with Crippen molar-refractivity contribution in [1.82, 2.24) is 4.90 Å². The summed E-state index contributed by atoms with van der Waals surface area (Å²) in [6, 6.07) is 6.27. The van der Waals surface area contributed by atoms with Crippen molar-refractivity contribution in [2.75, 3.05) is 38.2 Å². The van der Waals surface area contributed by atoms with Crippen molar-refractivity contribution in [3.05, 3.63) is 29.3 Å². The lowest BCUT2D eigenvalue weighted by atomic mass is 10.1. The van der Waals surface area contributed by atoms with Gasteiger partial charge in [-0.3, -0.25) is 4.79 Å². The van der Waals surface area contributed by atoms with Gasteiger partial charge in [0.05, 0.1) is 13.2 Å². The molecule has 0 radical (unpaired) electrons. The minimum Gasteiger partial charge on any atom is -0.378 e. The van der Waals surface area contributed by atoms with Crippen LogP contribution in [0.25, 0.3) is 0 Å². The Morgan fingerprint density at radius 3 is 2.78 bits per heavy atom. The highest BCUT2D eigenvalue weighted by atomic mass is 127. The van der Waals surface area contributed by atoms with Crippen LogP contribution in [0.2, 0.25) is 0 Å². The average molecular weight is 430 g/mol. The van der Waals surface area contributed by atoms with Crippen LogP contribution < -0.4 is 11.1 Å². The van der Waals surface area contributed by atoms with Crippen molar-refractivity contribution in [2.24, 2.45) is 10.7 Å². The summed E-state index contributed by atoms with van der Waals surface area (Å²) in [5, 5.41) is 3.06. The highest BCUT2D eigenvalue weighted by molar-refractivity contribution is 14.0. The largest absolute Gasteiger partial charge is 0.378 e. The zero-order valence-electron chi connectivity index (χ0n) is 13.1. The number of halogens is 1. The number of hydrogen-bond acceptors (Lipinski definition) is 3. The number of ether oxygens (including phenoxy) is 1. The zero-order chi connectivity index (χ0) is 15.4. The fourth-order valence-electron chi connectivity index (χ4n) is 2.90. The summed E-state index contributed by atoms with van der Waals surface area (Å²) in [5.74, 6) is 0.265. The minimum atomic E-state index is -0.0120. The van der Waals surface area contributed by atoms with Crippen LogP contribution in [0.1, 0.15) is 17.5 Å². The lowest BCUT2D eigenvalue weighted by Crippen LogP contribution is -2.42. The number of rotatable bonds is 3. The van der Waals surface area contributed by atoms with Crippen LogP contribution >= 0.6 is 24.0 Å². The molecule has 7 heteroatoms. The molecule has 0 atom stereocenters. The molecule has 0 aromatic heterocycles. The second-order valence-corrected chi connectivity index (χ2v) is 5.66. The first-order valence-corrected chi connectivity index (χ1v) is 7.76. The van der Waals surface area contributed by atoms with Crippen LogP contribution in [0.15, 0.2) is 23.2 Å². The molecule has 0 spiro atoms. The number of nitrogens with zero attached hydrogens (tertiary/aromatic N) is 2. The second-order valence-electron chi connectivity index (χ2n) is 5.66. The van der Waals surface area contributed by atoms with Crippen molar-refractivity contribution in [3.63, 3.8) is 0 Å². The van der Waals surface area contributed by atoms with Crippen molar-refractivity contribution in [2.45, 2.75) is 19.3 Å². The number of hydrogen-bond donors (Lipinski definition) is 2. The molecule has 1 heterocycles. The lowest BCUT2D eigenvalue weighted by Gasteiger charge is -2.26. The van der Waals surface area contributed by atoms with Gasteiger partial charge in [0.2, 0.25) is 5.91 Å². The first-order chi connectivity index (χ1) is 10.7. The third kappa shape index (κ3) is 4.81. The molecule has 1 aromatic carbocycles. The number of aliphatic imine (C=N–C) groups is 1. The van der Waals surface area contributed by atoms with Gasteiger partial charge >= 0.3 is 0 Å². The molecule has 23 heavy (non-hydrogen) atoms. The van der Waals surface area contributed by atoms with Crippen molar-refractivity contribution < 1.29 is 9.53 Å². The van der Waals surface area contributed by atoms with E-state index in [1.807, 2.05) is 6.07 Å². The summed E-state index contributed by atoms with van der Waals surface area (Å²) >= 11 is 0. The van der Waals surface area contributed by atoms with Crippen LogP contribution in [-0.4, -0.2) is 49.6 Å². The summed E-state index contributed by atoms with van der Waals surface area (Å²) in [5.41, 5.74) is 9.60. The molecule has 1 fully saturated rings. The maximum absolute atomic E-state index is 12.0. The van der Waals surface area contributed by atoms with E-state index in [1.165, 1.54) is 17.5 Å². The van der Waals surface area contributed by atoms with Crippen LogP contribution in [0.5, 0.6) is 0 Å². The predicted molar refractivity (Wildman–Crippen MR) is 101 cm³/mol. The smallest absolute Gasteiger partial charge is 0.244 e. The number of nitrogens with one attached hydrogen (secondary N) is 1. The summed E-state index contributed by atoms with van der Waals surface area (Å²) in [4.78, 5) is 17.9. The Morgan fingerprint density at radius 1 is 1.26 bits per heavy atom. The van der Waals surface area contributed by atoms with Gasteiger partial charge in [-0.2, -0.15) is 0 Å². The van der Waals surface area contributed by atoms with E-state index in [2.05, 4.69) is 22.4 Å². The third-order valence-corrected chi connectivity index (χ3v) is 4.12. The van der Waals surface area contributed by atoms with E-state index in [-0.39, 0.29) is 42.4 Å². The number of carbonyl (C=O) groups excluding carboxylic acids is 1. The van der Waals surface area contributed by atoms with Gasteiger partial charge in [0.25, 0.3) is 0 Å². The van der Waals surface area contributed by atoms with Crippen LogP contribution in [0.4, 0.5) is 5.69 Å². The Bertz CT molecular complexity index is 585. The number of aryl methyl sites for hydroxylation is 2. The van der Waals surface area contributed by atoms with E-state index in [0.29, 0.717) is 26.3 Å². The lowest BCUT2D eigenvalue weighted by molar-refractivity contribution is -0.133. The number of fused-ring (bicyclic) bond motifs is 1. The second kappa shape index (κ2) is 8.49. The van der Waals surface area contributed by atoms with Crippen LogP contribution in [-0.2, 0) is 22.4 Å². The Balaban J connectivity index is 0.00000192.